The summed E-state index contributed by atoms with van der Waals surface area (Å²) in [5.41, 5.74) is 7.54. The van der Waals surface area contributed by atoms with Crippen molar-refractivity contribution in [3.05, 3.63) is 59.7 Å². The maximum absolute atomic E-state index is 13.1. The molecule has 4 rings (SSSR count). The van der Waals surface area contributed by atoms with Crippen molar-refractivity contribution in [1.82, 2.24) is 10.2 Å². The van der Waals surface area contributed by atoms with E-state index < -0.39 is 11.9 Å². The van der Waals surface area contributed by atoms with Crippen LogP contribution in [-0.4, -0.2) is 52.5 Å². The van der Waals surface area contributed by atoms with Crippen LogP contribution in [0, 0.1) is 0 Å². The lowest BCUT2D eigenvalue weighted by Crippen LogP contribution is -2.41. The van der Waals surface area contributed by atoms with Gasteiger partial charge in [0.25, 0.3) is 5.91 Å². The van der Waals surface area contributed by atoms with Crippen molar-refractivity contribution < 1.29 is 19.1 Å². The standard InChI is InChI=1S/C23H23N5O4S/c1-32-18-9-5-2-6-14(18)12-25-20(30)11-10-17-22(31)28-21(26-17)15-7-3-4-8-16(15)27-23(28)33-13-19(24)29/h2-9,17H,10-13H2,1H3,(H2,24,29)(H,25,30)/t17-/m0/s1. The predicted octanol–water partition coefficient (Wildman–Crippen LogP) is 1.97. The van der Waals surface area contributed by atoms with Gasteiger partial charge >= 0.3 is 0 Å². The molecule has 10 heteroatoms. The molecule has 2 aromatic rings. The Kier molecular flexibility index (Phi) is 6.74. The van der Waals surface area contributed by atoms with Gasteiger partial charge in [0.1, 0.15) is 17.6 Å². The molecule has 2 heterocycles. The number of hydrogen-bond donors (Lipinski definition) is 2. The molecular weight excluding hydrogens is 442 g/mol. The summed E-state index contributed by atoms with van der Waals surface area (Å²) in [5, 5.41) is 3.22. The Morgan fingerprint density at radius 2 is 1.94 bits per heavy atom. The van der Waals surface area contributed by atoms with Crippen LogP contribution in [0.1, 0.15) is 24.0 Å². The normalized spacial score (nSPS) is 16.5. The number of thioether (sulfide) groups is 1. The van der Waals surface area contributed by atoms with Crippen LogP contribution in [0.3, 0.4) is 0 Å². The van der Waals surface area contributed by atoms with E-state index in [2.05, 4.69) is 15.3 Å². The minimum atomic E-state index is -0.706. The smallest absolute Gasteiger partial charge is 0.259 e. The first-order valence-corrected chi connectivity index (χ1v) is 11.4. The Morgan fingerprint density at radius 1 is 1.18 bits per heavy atom. The summed E-state index contributed by atoms with van der Waals surface area (Å²) in [4.78, 5) is 47.4. The number of amides is 3. The van der Waals surface area contributed by atoms with Crippen LogP contribution in [0.15, 0.2) is 58.5 Å². The van der Waals surface area contributed by atoms with Crippen molar-refractivity contribution in [2.45, 2.75) is 25.4 Å². The van der Waals surface area contributed by atoms with Gasteiger partial charge < -0.3 is 15.8 Å². The zero-order valence-corrected chi connectivity index (χ0v) is 18.8. The Balaban J connectivity index is 1.43. The minimum absolute atomic E-state index is 0.00587. The van der Waals surface area contributed by atoms with Crippen LogP contribution in [0.5, 0.6) is 5.75 Å². The summed E-state index contributed by atoms with van der Waals surface area (Å²) in [7, 11) is 1.58. The van der Waals surface area contributed by atoms with E-state index in [1.165, 1.54) is 4.90 Å². The van der Waals surface area contributed by atoms with Crippen molar-refractivity contribution >= 4 is 46.2 Å². The third-order valence-electron chi connectivity index (χ3n) is 5.20. The zero-order chi connectivity index (χ0) is 23.4. The number of ether oxygens (including phenoxy) is 1. The van der Waals surface area contributed by atoms with Gasteiger partial charge in [0, 0.05) is 24.1 Å². The van der Waals surface area contributed by atoms with Gasteiger partial charge in [-0.1, -0.05) is 42.1 Å². The van der Waals surface area contributed by atoms with E-state index in [1.54, 1.807) is 7.11 Å². The molecule has 9 nitrogen and oxygen atoms in total. The first kappa shape index (κ1) is 22.5. The first-order chi connectivity index (χ1) is 16.0. The highest BCUT2D eigenvalue weighted by atomic mass is 32.2. The molecule has 2 aliphatic heterocycles. The monoisotopic (exact) mass is 465 g/mol. The Morgan fingerprint density at radius 3 is 2.73 bits per heavy atom. The predicted molar refractivity (Wildman–Crippen MR) is 126 cm³/mol. The lowest BCUT2D eigenvalue weighted by Gasteiger charge is -2.25. The summed E-state index contributed by atoms with van der Waals surface area (Å²) in [6.45, 7) is 0.329. The molecule has 0 aliphatic carbocycles. The van der Waals surface area contributed by atoms with Gasteiger partial charge in [-0.25, -0.2) is 9.89 Å². The molecule has 3 N–H and O–H groups in total. The van der Waals surface area contributed by atoms with Crippen molar-refractivity contribution in [2.75, 3.05) is 12.9 Å². The van der Waals surface area contributed by atoms with E-state index in [4.69, 9.17) is 10.5 Å². The quantitative estimate of drug-likeness (QED) is 0.616. The first-order valence-electron chi connectivity index (χ1n) is 10.4. The fraction of sp³-hybridized carbons (Fsp3) is 0.261. The Bertz CT molecular complexity index is 1160. The minimum Gasteiger partial charge on any atom is -0.496 e. The van der Waals surface area contributed by atoms with Gasteiger partial charge in [-0.2, -0.15) is 0 Å². The number of aliphatic imine (C=N–C) groups is 2. The number of nitrogens with one attached hydrogen (secondary N) is 1. The number of methoxy groups -OCH3 is 1. The number of hydrogen-bond acceptors (Lipinski definition) is 7. The zero-order valence-electron chi connectivity index (χ0n) is 18.0. The molecular formula is C23H23N5O4S. The molecule has 0 bridgehead atoms. The highest BCUT2D eigenvalue weighted by Crippen LogP contribution is 2.34. The van der Waals surface area contributed by atoms with Crippen LogP contribution in [0.4, 0.5) is 5.69 Å². The number of nitrogens with two attached hydrogens (primary N) is 1. The summed E-state index contributed by atoms with van der Waals surface area (Å²) < 4.78 is 5.30. The van der Waals surface area contributed by atoms with Crippen molar-refractivity contribution in [1.29, 1.82) is 0 Å². The molecule has 0 fully saturated rings. The topological polar surface area (TPSA) is 126 Å². The van der Waals surface area contributed by atoms with Crippen molar-refractivity contribution in [2.24, 2.45) is 15.7 Å². The lowest BCUT2D eigenvalue weighted by molar-refractivity contribution is -0.125. The summed E-state index contributed by atoms with van der Waals surface area (Å²) >= 11 is 1.09. The summed E-state index contributed by atoms with van der Waals surface area (Å²) in [6, 6.07) is 14.1. The number of carbonyl (C=O) groups excluding carboxylic acids is 3. The molecule has 2 aromatic carbocycles. The molecule has 0 radical (unpaired) electrons. The van der Waals surface area contributed by atoms with E-state index in [0.717, 1.165) is 22.9 Å². The van der Waals surface area contributed by atoms with Crippen LogP contribution in [0.2, 0.25) is 0 Å². The second-order valence-electron chi connectivity index (χ2n) is 7.44. The average Bonchev–Trinajstić information content (AvgIpc) is 3.16. The van der Waals surface area contributed by atoms with Crippen LogP contribution >= 0.6 is 11.8 Å². The van der Waals surface area contributed by atoms with Crippen LogP contribution in [0.25, 0.3) is 0 Å². The molecule has 2 aliphatic rings. The SMILES string of the molecule is COc1ccccc1CNC(=O)CC[C@@H]1N=C2c3ccccc3N=C(SCC(N)=O)N2C1=O. The van der Waals surface area contributed by atoms with Gasteiger partial charge in [-0.15, -0.1) is 0 Å². The molecule has 1 atom stereocenters. The lowest BCUT2D eigenvalue weighted by atomic mass is 10.1. The number of fused-ring (bicyclic) bond motifs is 3. The third kappa shape index (κ3) is 4.90. The number of primary amides is 1. The van der Waals surface area contributed by atoms with E-state index in [9.17, 15) is 14.4 Å². The van der Waals surface area contributed by atoms with E-state index in [0.29, 0.717) is 29.0 Å². The number of rotatable bonds is 8. The van der Waals surface area contributed by atoms with E-state index >= 15 is 0 Å². The number of benzene rings is 2. The van der Waals surface area contributed by atoms with Gasteiger partial charge in [0.05, 0.1) is 18.6 Å². The molecule has 0 aromatic heterocycles. The van der Waals surface area contributed by atoms with Crippen LogP contribution < -0.4 is 15.8 Å². The maximum Gasteiger partial charge on any atom is 0.259 e. The van der Waals surface area contributed by atoms with Gasteiger partial charge in [0.2, 0.25) is 11.8 Å². The molecule has 0 saturated carbocycles. The van der Waals surface area contributed by atoms with Crippen molar-refractivity contribution in [3.8, 4) is 5.75 Å². The van der Waals surface area contributed by atoms with Gasteiger partial charge in [-0.3, -0.25) is 19.4 Å². The molecule has 170 valence electrons. The number of amidine groups is 2. The molecule has 3 amide bonds. The highest BCUT2D eigenvalue weighted by molar-refractivity contribution is 8.14. The fourth-order valence-electron chi connectivity index (χ4n) is 3.62. The summed E-state index contributed by atoms with van der Waals surface area (Å²) in [6.07, 6.45) is 0.394. The van der Waals surface area contributed by atoms with Crippen LogP contribution in [-0.2, 0) is 20.9 Å². The number of carbonyl (C=O) groups is 3. The largest absolute Gasteiger partial charge is 0.496 e. The second-order valence-corrected chi connectivity index (χ2v) is 8.38. The van der Waals surface area contributed by atoms with E-state index in [1.807, 2.05) is 48.5 Å². The highest BCUT2D eigenvalue weighted by Gasteiger charge is 2.41. The molecule has 33 heavy (non-hydrogen) atoms. The number of nitrogens with zero attached hydrogens (tertiary/aromatic N) is 3. The Labute approximate surface area is 195 Å². The second kappa shape index (κ2) is 9.86. The van der Waals surface area contributed by atoms with Crippen molar-refractivity contribution in [3.63, 3.8) is 0 Å². The summed E-state index contributed by atoms with van der Waals surface area (Å²) in [5.74, 6) is 0.218. The molecule has 0 spiro atoms. The maximum atomic E-state index is 13.1. The molecule has 0 saturated heterocycles. The Hall–Kier alpha value is -3.66. The van der Waals surface area contributed by atoms with Gasteiger partial charge in [0.15, 0.2) is 5.17 Å². The third-order valence-corrected chi connectivity index (χ3v) is 6.17. The van der Waals surface area contributed by atoms with Gasteiger partial charge in [-0.05, 0) is 24.6 Å². The molecule has 0 unspecified atom stereocenters. The fourth-order valence-corrected chi connectivity index (χ4v) is 4.36. The number of para-hydroxylation sites is 2. The van der Waals surface area contributed by atoms with E-state index in [-0.39, 0.29) is 30.4 Å². The average molecular weight is 466 g/mol.